The smallest absolute Gasteiger partial charge is 0.311 e. The molecule has 3 aromatic rings. The number of esters is 1. The number of nitrogens with zero attached hydrogens (tertiary/aromatic N) is 3. The van der Waals surface area contributed by atoms with Crippen LogP contribution in [-0.2, 0) is 4.79 Å². The standard InChI is InChI=1S/C23H27N3O4/c1-2-3-4-5-6-7-8-9-14-22(29)30-17-15-20(27)23(21(28)16-17)26-24-18-12-10-11-13-19(18)25-26/h2,10-13,15-16,27-28H,1,3-9,14H2. The van der Waals surface area contributed by atoms with Crippen molar-refractivity contribution in [3.05, 3.63) is 49.1 Å². The molecule has 7 nitrogen and oxygen atoms in total. The van der Waals surface area contributed by atoms with Gasteiger partial charge < -0.3 is 14.9 Å². The van der Waals surface area contributed by atoms with Gasteiger partial charge in [0.1, 0.15) is 16.8 Å². The number of allylic oxidation sites excluding steroid dienone is 1. The number of benzene rings is 2. The summed E-state index contributed by atoms with van der Waals surface area (Å²) in [5, 5.41) is 29.2. The second-order valence-electron chi connectivity index (χ2n) is 7.21. The largest absolute Gasteiger partial charge is 0.505 e. The van der Waals surface area contributed by atoms with Gasteiger partial charge >= 0.3 is 5.97 Å². The molecule has 0 bridgehead atoms. The lowest BCUT2D eigenvalue weighted by molar-refractivity contribution is -0.134. The van der Waals surface area contributed by atoms with Gasteiger partial charge in [-0.3, -0.25) is 4.79 Å². The molecule has 0 amide bonds. The molecule has 30 heavy (non-hydrogen) atoms. The van der Waals surface area contributed by atoms with E-state index in [2.05, 4.69) is 16.8 Å². The third kappa shape index (κ3) is 5.59. The van der Waals surface area contributed by atoms with E-state index in [1.807, 2.05) is 18.2 Å². The first-order valence-electron chi connectivity index (χ1n) is 10.3. The number of carbonyl (C=O) groups is 1. The Hall–Kier alpha value is -3.35. The van der Waals surface area contributed by atoms with Crippen LogP contribution in [0.4, 0.5) is 0 Å². The highest BCUT2D eigenvalue weighted by molar-refractivity contribution is 5.75. The lowest BCUT2D eigenvalue weighted by atomic mass is 10.1. The first-order valence-corrected chi connectivity index (χ1v) is 10.3. The van der Waals surface area contributed by atoms with Gasteiger partial charge in [0.05, 0.1) is 0 Å². The Labute approximate surface area is 175 Å². The Kier molecular flexibility index (Phi) is 7.43. The average molecular weight is 409 g/mol. The van der Waals surface area contributed by atoms with Crippen LogP contribution in [-0.4, -0.2) is 31.2 Å². The van der Waals surface area contributed by atoms with Gasteiger partial charge in [0, 0.05) is 18.6 Å². The van der Waals surface area contributed by atoms with Gasteiger partial charge in [0.15, 0.2) is 17.2 Å². The quantitative estimate of drug-likeness (QED) is 0.199. The van der Waals surface area contributed by atoms with E-state index in [0.717, 1.165) is 36.9 Å². The fourth-order valence-electron chi connectivity index (χ4n) is 3.25. The number of carbonyl (C=O) groups excluding carboxylic acids is 1. The van der Waals surface area contributed by atoms with Crippen molar-refractivity contribution < 1.29 is 19.7 Å². The topological polar surface area (TPSA) is 97.5 Å². The summed E-state index contributed by atoms with van der Waals surface area (Å²) in [4.78, 5) is 13.2. The molecule has 0 radical (unpaired) electrons. The molecule has 0 atom stereocenters. The fourth-order valence-corrected chi connectivity index (χ4v) is 3.25. The highest BCUT2D eigenvalue weighted by Crippen LogP contribution is 2.35. The summed E-state index contributed by atoms with van der Waals surface area (Å²) < 4.78 is 5.27. The summed E-state index contributed by atoms with van der Waals surface area (Å²) in [6.07, 6.45) is 9.60. The maximum atomic E-state index is 12.1. The van der Waals surface area contributed by atoms with E-state index < -0.39 is 5.97 Å². The number of aromatic nitrogens is 3. The Bertz CT molecular complexity index is 957. The van der Waals surface area contributed by atoms with E-state index in [9.17, 15) is 15.0 Å². The number of phenols is 2. The van der Waals surface area contributed by atoms with Crippen LogP contribution in [0.2, 0.25) is 0 Å². The molecule has 0 unspecified atom stereocenters. The molecule has 0 aliphatic heterocycles. The summed E-state index contributed by atoms with van der Waals surface area (Å²) >= 11 is 0. The zero-order valence-corrected chi connectivity index (χ0v) is 17.0. The molecule has 1 aromatic heterocycles. The molecule has 0 saturated carbocycles. The van der Waals surface area contributed by atoms with Gasteiger partial charge in [-0.15, -0.1) is 21.6 Å². The molecule has 0 saturated heterocycles. The first-order chi connectivity index (χ1) is 14.6. The third-order valence-electron chi connectivity index (χ3n) is 4.80. The predicted molar refractivity (Wildman–Crippen MR) is 115 cm³/mol. The number of hydrogen-bond acceptors (Lipinski definition) is 6. The minimum Gasteiger partial charge on any atom is -0.505 e. The van der Waals surface area contributed by atoms with Gasteiger partial charge in [-0.2, -0.15) is 0 Å². The molecule has 3 rings (SSSR count). The Morgan fingerprint density at radius 3 is 2.13 bits per heavy atom. The highest BCUT2D eigenvalue weighted by atomic mass is 16.5. The Balaban J connectivity index is 1.53. The van der Waals surface area contributed by atoms with E-state index in [1.165, 1.54) is 25.0 Å². The molecule has 2 N–H and O–H groups in total. The first kappa shape index (κ1) is 21.4. The third-order valence-corrected chi connectivity index (χ3v) is 4.80. The van der Waals surface area contributed by atoms with Crippen molar-refractivity contribution in [2.24, 2.45) is 0 Å². The molecule has 0 spiro atoms. The van der Waals surface area contributed by atoms with Crippen molar-refractivity contribution in [2.75, 3.05) is 0 Å². The second-order valence-corrected chi connectivity index (χ2v) is 7.21. The van der Waals surface area contributed by atoms with Crippen molar-refractivity contribution in [2.45, 2.75) is 51.4 Å². The maximum absolute atomic E-state index is 12.1. The minimum absolute atomic E-state index is 0.0300. The number of hydrogen-bond donors (Lipinski definition) is 2. The number of unbranched alkanes of at least 4 members (excludes halogenated alkanes) is 6. The molecular weight excluding hydrogens is 382 g/mol. The van der Waals surface area contributed by atoms with Crippen LogP contribution < -0.4 is 4.74 Å². The van der Waals surface area contributed by atoms with Crippen LogP contribution in [0.3, 0.4) is 0 Å². The number of rotatable bonds is 11. The number of phenolic OH excluding ortho intramolecular Hbond substituents is 2. The fraction of sp³-hybridized carbons (Fsp3) is 0.348. The summed E-state index contributed by atoms with van der Waals surface area (Å²) in [5.41, 5.74) is 1.29. The molecule has 1 heterocycles. The maximum Gasteiger partial charge on any atom is 0.311 e. The zero-order chi connectivity index (χ0) is 21.3. The highest BCUT2D eigenvalue weighted by Gasteiger charge is 2.17. The molecule has 0 fully saturated rings. The monoisotopic (exact) mass is 409 g/mol. The lowest BCUT2D eigenvalue weighted by Crippen LogP contribution is -2.08. The van der Waals surface area contributed by atoms with Crippen LogP contribution in [0.5, 0.6) is 17.2 Å². The zero-order valence-electron chi connectivity index (χ0n) is 17.0. The van der Waals surface area contributed by atoms with Crippen LogP contribution in [0.15, 0.2) is 49.1 Å². The minimum atomic E-state index is -0.392. The van der Waals surface area contributed by atoms with Gasteiger partial charge in [0.25, 0.3) is 0 Å². The van der Waals surface area contributed by atoms with Crippen LogP contribution in [0.25, 0.3) is 16.7 Å². The van der Waals surface area contributed by atoms with E-state index in [4.69, 9.17) is 4.74 Å². The predicted octanol–water partition coefficient (Wildman–Crippen LogP) is 5.04. The van der Waals surface area contributed by atoms with Gasteiger partial charge in [-0.25, -0.2) is 0 Å². The molecule has 0 aliphatic carbocycles. The van der Waals surface area contributed by atoms with Crippen molar-refractivity contribution in [1.82, 2.24) is 15.0 Å². The van der Waals surface area contributed by atoms with Crippen molar-refractivity contribution in [3.63, 3.8) is 0 Å². The van der Waals surface area contributed by atoms with Crippen molar-refractivity contribution >= 4 is 17.0 Å². The molecular formula is C23H27N3O4. The van der Waals surface area contributed by atoms with E-state index >= 15 is 0 Å². The van der Waals surface area contributed by atoms with Gasteiger partial charge in [-0.05, 0) is 31.4 Å². The Morgan fingerprint density at radius 2 is 1.53 bits per heavy atom. The lowest BCUT2D eigenvalue weighted by Gasteiger charge is -2.09. The van der Waals surface area contributed by atoms with E-state index in [0.29, 0.717) is 17.5 Å². The van der Waals surface area contributed by atoms with Crippen molar-refractivity contribution in [3.8, 4) is 22.9 Å². The number of fused-ring (bicyclic) bond motifs is 1. The number of ether oxygens (including phenoxy) is 1. The van der Waals surface area contributed by atoms with Crippen molar-refractivity contribution in [1.29, 1.82) is 0 Å². The summed E-state index contributed by atoms with van der Waals surface area (Å²) in [6, 6.07) is 9.77. The number of aromatic hydroxyl groups is 2. The molecule has 7 heteroatoms. The normalized spacial score (nSPS) is 10.9. The van der Waals surface area contributed by atoms with Gasteiger partial charge in [-0.1, -0.05) is 43.9 Å². The SMILES string of the molecule is C=CCCCCCCCCC(=O)Oc1cc(O)c(-n2nc3ccccc3n2)c(O)c1. The second kappa shape index (κ2) is 10.4. The van der Waals surface area contributed by atoms with Crippen LogP contribution in [0, 0.1) is 0 Å². The van der Waals surface area contributed by atoms with E-state index in [1.54, 1.807) is 12.1 Å². The Morgan fingerprint density at radius 1 is 0.967 bits per heavy atom. The molecule has 0 aliphatic rings. The van der Waals surface area contributed by atoms with Crippen LogP contribution in [0.1, 0.15) is 51.4 Å². The van der Waals surface area contributed by atoms with E-state index in [-0.39, 0.29) is 22.9 Å². The van der Waals surface area contributed by atoms with Gasteiger partial charge in [0.2, 0.25) is 0 Å². The molecule has 158 valence electrons. The summed E-state index contributed by atoms with van der Waals surface area (Å²) in [5.74, 6) is -0.869. The van der Waals surface area contributed by atoms with Crippen LogP contribution >= 0.6 is 0 Å². The average Bonchev–Trinajstić information content (AvgIpc) is 3.13. The summed E-state index contributed by atoms with van der Waals surface area (Å²) in [6.45, 7) is 3.71. The summed E-state index contributed by atoms with van der Waals surface area (Å²) in [7, 11) is 0. The molecule has 2 aromatic carbocycles.